The molecule has 3 nitrogen and oxygen atoms in total. The normalized spacial score (nSPS) is 13.0. The highest BCUT2D eigenvalue weighted by molar-refractivity contribution is 7.55. The molecule has 0 aromatic carbocycles. The van der Waals surface area contributed by atoms with Crippen LogP contribution in [0.15, 0.2) is 11.9 Å². The van der Waals surface area contributed by atoms with Gasteiger partial charge in [-0.2, -0.15) is 0 Å². The summed E-state index contributed by atoms with van der Waals surface area (Å²) in [6.07, 6.45) is 1.07. The van der Waals surface area contributed by atoms with Crippen molar-refractivity contribution in [3.8, 4) is 0 Å². The molecule has 1 radical (unpaired) electrons. The Morgan fingerprint density at radius 3 is 2.00 bits per heavy atom. The van der Waals surface area contributed by atoms with E-state index in [1.54, 1.807) is 0 Å². The molecule has 0 aliphatic carbocycles. The number of hydrogen-bond acceptors (Lipinski definition) is 1. The first-order valence-corrected chi connectivity index (χ1v) is 3.26. The van der Waals surface area contributed by atoms with Crippen molar-refractivity contribution in [2.24, 2.45) is 0 Å². The van der Waals surface area contributed by atoms with Crippen LogP contribution in [0.1, 0.15) is 0 Å². The molecule has 0 fully saturated rings. The molecule has 0 unspecified atom stereocenters. The SMILES string of the molecule is [CH2]C=CP(=O)(O)O. The minimum atomic E-state index is -3.91. The highest BCUT2D eigenvalue weighted by Gasteiger charge is 2.02. The van der Waals surface area contributed by atoms with Crippen LogP contribution in [0.25, 0.3) is 0 Å². The standard InChI is InChI=1S/C3H6O3P/c1-2-3-7(4,5)6/h2-3H,1H2,(H2,4,5,6). The fraction of sp³-hybridized carbons (Fsp3) is 0. The molecule has 0 saturated heterocycles. The number of allylic oxidation sites excluding steroid dienone is 1. The van der Waals surface area contributed by atoms with E-state index in [1.165, 1.54) is 0 Å². The first kappa shape index (κ1) is 6.89. The Bertz CT molecular complexity index is 111. The lowest BCUT2D eigenvalue weighted by molar-refractivity contribution is 0.386. The van der Waals surface area contributed by atoms with Crippen LogP contribution < -0.4 is 0 Å². The molecular weight excluding hydrogens is 115 g/mol. The second-order valence-corrected chi connectivity index (χ2v) is 2.45. The van der Waals surface area contributed by atoms with Crippen LogP contribution in [-0.4, -0.2) is 9.79 Å². The van der Waals surface area contributed by atoms with Gasteiger partial charge >= 0.3 is 7.60 Å². The van der Waals surface area contributed by atoms with E-state index in [0.717, 1.165) is 11.9 Å². The second-order valence-electron chi connectivity index (χ2n) is 0.974. The van der Waals surface area contributed by atoms with Crippen LogP contribution in [0, 0.1) is 6.92 Å². The van der Waals surface area contributed by atoms with Crippen molar-refractivity contribution in [2.45, 2.75) is 0 Å². The largest absolute Gasteiger partial charge is 0.348 e. The molecule has 0 heterocycles. The highest BCUT2D eigenvalue weighted by Crippen LogP contribution is 2.35. The van der Waals surface area contributed by atoms with E-state index >= 15 is 0 Å². The van der Waals surface area contributed by atoms with Gasteiger partial charge in [-0.15, -0.1) is 0 Å². The monoisotopic (exact) mass is 121 g/mol. The molecule has 0 atom stereocenters. The topological polar surface area (TPSA) is 57.5 Å². The first-order chi connectivity index (χ1) is 3.06. The average Bonchev–Trinajstić information content (AvgIpc) is 1.30. The molecule has 0 aromatic heterocycles. The minimum absolute atomic E-state index is 0.743. The highest BCUT2D eigenvalue weighted by atomic mass is 31.2. The quantitative estimate of drug-likeness (QED) is 0.497. The fourth-order valence-electron chi connectivity index (χ4n) is 0.137. The van der Waals surface area contributed by atoms with Crippen molar-refractivity contribution in [1.29, 1.82) is 0 Å². The molecule has 0 saturated carbocycles. The van der Waals surface area contributed by atoms with Gasteiger partial charge in [-0.1, -0.05) is 6.08 Å². The summed E-state index contributed by atoms with van der Waals surface area (Å²) in [6.45, 7) is 3.10. The fourth-order valence-corrected chi connectivity index (χ4v) is 0.412. The van der Waals surface area contributed by atoms with Crippen LogP contribution >= 0.6 is 7.60 Å². The molecule has 0 rings (SSSR count). The lowest BCUT2D eigenvalue weighted by atomic mass is 10.8. The molecule has 0 spiro atoms. The zero-order chi connectivity index (χ0) is 5.91. The van der Waals surface area contributed by atoms with Crippen molar-refractivity contribution >= 4 is 7.60 Å². The molecule has 0 aliphatic heterocycles. The zero-order valence-corrected chi connectivity index (χ0v) is 4.51. The maximum atomic E-state index is 9.80. The third kappa shape index (κ3) is 5.89. The van der Waals surface area contributed by atoms with E-state index in [0.29, 0.717) is 0 Å². The summed E-state index contributed by atoms with van der Waals surface area (Å²) >= 11 is 0. The summed E-state index contributed by atoms with van der Waals surface area (Å²) in [6, 6.07) is 0. The average molecular weight is 121 g/mol. The Balaban J connectivity index is 3.82. The minimum Gasteiger partial charge on any atom is -0.321 e. The van der Waals surface area contributed by atoms with Crippen LogP contribution in [-0.2, 0) is 4.57 Å². The Hall–Kier alpha value is -0.110. The van der Waals surface area contributed by atoms with Crippen molar-refractivity contribution < 1.29 is 14.4 Å². The zero-order valence-electron chi connectivity index (χ0n) is 3.61. The van der Waals surface area contributed by atoms with Crippen LogP contribution in [0.2, 0.25) is 0 Å². The van der Waals surface area contributed by atoms with Gasteiger partial charge in [-0.25, -0.2) is 0 Å². The molecule has 0 amide bonds. The van der Waals surface area contributed by atoms with Crippen molar-refractivity contribution in [3.63, 3.8) is 0 Å². The van der Waals surface area contributed by atoms with E-state index in [4.69, 9.17) is 9.79 Å². The van der Waals surface area contributed by atoms with Gasteiger partial charge in [-0.05, 0) is 6.92 Å². The number of rotatable bonds is 1. The predicted octanol–water partition coefficient (Wildman–Crippen LogP) is 0.512. The third-order valence-corrected chi connectivity index (χ3v) is 0.899. The van der Waals surface area contributed by atoms with Gasteiger partial charge in [0.25, 0.3) is 0 Å². The second kappa shape index (κ2) is 2.26. The molecule has 0 aromatic rings. The summed E-state index contributed by atoms with van der Waals surface area (Å²) < 4.78 is 9.80. The van der Waals surface area contributed by atoms with Gasteiger partial charge in [0.2, 0.25) is 0 Å². The summed E-state index contributed by atoms with van der Waals surface area (Å²) in [5, 5.41) is 0. The molecule has 0 bridgehead atoms. The molecule has 0 aliphatic rings. The summed E-state index contributed by atoms with van der Waals surface area (Å²) in [5.74, 6) is 0.743. The van der Waals surface area contributed by atoms with Crippen molar-refractivity contribution in [1.82, 2.24) is 0 Å². The summed E-state index contributed by atoms with van der Waals surface area (Å²) in [5.41, 5.74) is 0. The van der Waals surface area contributed by atoms with Crippen LogP contribution in [0.4, 0.5) is 0 Å². The maximum absolute atomic E-state index is 9.80. The van der Waals surface area contributed by atoms with Gasteiger partial charge in [0, 0.05) is 5.82 Å². The Morgan fingerprint density at radius 2 is 2.00 bits per heavy atom. The maximum Gasteiger partial charge on any atom is 0.348 e. The van der Waals surface area contributed by atoms with E-state index in [1.807, 2.05) is 0 Å². The van der Waals surface area contributed by atoms with E-state index in [2.05, 4.69) is 6.92 Å². The smallest absolute Gasteiger partial charge is 0.321 e. The van der Waals surface area contributed by atoms with Gasteiger partial charge in [0.1, 0.15) is 0 Å². The Kier molecular flexibility index (Phi) is 2.23. The Morgan fingerprint density at radius 1 is 1.57 bits per heavy atom. The van der Waals surface area contributed by atoms with E-state index in [9.17, 15) is 4.57 Å². The van der Waals surface area contributed by atoms with Crippen LogP contribution in [0.3, 0.4) is 0 Å². The predicted molar refractivity (Wildman–Crippen MR) is 26.5 cm³/mol. The third-order valence-electron chi connectivity index (χ3n) is 0.300. The molecule has 4 heteroatoms. The van der Waals surface area contributed by atoms with Gasteiger partial charge < -0.3 is 9.79 Å². The van der Waals surface area contributed by atoms with Crippen molar-refractivity contribution in [3.05, 3.63) is 18.8 Å². The van der Waals surface area contributed by atoms with Gasteiger partial charge in [-0.3, -0.25) is 4.57 Å². The summed E-state index contributed by atoms with van der Waals surface area (Å²) in [7, 11) is -3.91. The first-order valence-electron chi connectivity index (χ1n) is 1.58. The molecule has 7 heavy (non-hydrogen) atoms. The number of hydrogen-bond donors (Lipinski definition) is 2. The summed E-state index contributed by atoms with van der Waals surface area (Å²) in [4.78, 5) is 16.0. The van der Waals surface area contributed by atoms with E-state index < -0.39 is 7.60 Å². The Labute approximate surface area is 41.8 Å². The van der Waals surface area contributed by atoms with Gasteiger partial charge in [0.15, 0.2) is 0 Å². The van der Waals surface area contributed by atoms with E-state index in [-0.39, 0.29) is 0 Å². The lowest BCUT2D eigenvalue weighted by Gasteiger charge is -1.89. The molecule has 2 N–H and O–H groups in total. The van der Waals surface area contributed by atoms with Crippen LogP contribution in [0.5, 0.6) is 0 Å². The van der Waals surface area contributed by atoms with Gasteiger partial charge in [0.05, 0.1) is 0 Å². The molecule has 41 valence electrons. The van der Waals surface area contributed by atoms with Crippen molar-refractivity contribution in [2.75, 3.05) is 0 Å². The lowest BCUT2D eigenvalue weighted by Crippen LogP contribution is -1.65. The molecular formula is C3H6O3P.